The van der Waals surface area contributed by atoms with E-state index in [1.165, 1.54) is 0 Å². The SMILES string of the molecule is CC(C)CC(CN)C(=O)N1CCCCC1C(N)=O. The second kappa shape index (κ2) is 6.73. The highest BCUT2D eigenvalue weighted by atomic mass is 16.2. The molecule has 0 spiro atoms. The van der Waals surface area contributed by atoms with E-state index in [-0.39, 0.29) is 11.8 Å². The first kappa shape index (κ1) is 15.0. The van der Waals surface area contributed by atoms with Crippen molar-refractivity contribution in [2.24, 2.45) is 23.3 Å². The van der Waals surface area contributed by atoms with Crippen LogP contribution in [0.1, 0.15) is 39.5 Å². The van der Waals surface area contributed by atoms with Gasteiger partial charge in [0, 0.05) is 13.1 Å². The van der Waals surface area contributed by atoms with Crippen molar-refractivity contribution in [1.82, 2.24) is 4.90 Å². The minimum atomic E-state index is -0.438. The fourth-order valence-corrected chi connectivity index (χ4v) is 2.59. The van der Waals surface area contributed by atoms with Gasteiger partial charge in [-0.15, -0.1) is 0 Å². The molecule has 2 amide bonds. The van der Waals surface area contributed by atoms with Gasteiger partial charge in [0.1, 0.15) is 6.04 Å². The molecule has 0 bridgehead atoms. The second-order valence-corrected chi connectivity index (χ2v) is 5.51. The Balaban J connectivity index is 2.75. The van der Waals surface area contributed by atoms with Gasteiger partial charge in [-0.1, -0.05) is 13.8 Å². The predicted molar refractivity (Wildman–Crippen MR) is 70.5 cm³/mol. The smallest absolute Gasteiger partial charge is 0.240 e. The Bertz CT molecular complexity index is 305. The van der Waals surface area contributed by atoms with Gasteiger partial charge in [0.25, 0.3) is 0 Å². The number of nitrogens with two attached hydrogens (primary N) is 2. The molecule has 5 nitrogen and oxygen atoms in total. The van der Waals surface area contributed by atoms with Crippen LogP contribution in [0.2, 0.25) is 0 Å². The van der Waals surface area contributed by atoms with Crippen LogP contribution in [0.3, 0.4) is 0 Å². The highest BCUT2D eigenvalue weighted by Gasteiger charge is 2.33. The van der Waals surface area contributed by atoms with Crippen LogP contribution in [0.5, 0.6) is 0 Å². The van der Waals surface area contributed by atoms with Crippen molar-refractivity contribution in [3.05, 3.63) is 0 Å². The molecule has 0 aromatic carbocycles. The number of hydrogen-bond acceptors (Lipinski definition) is 3. The van der Waals surface area contributed by atoms with Gasteiger partial charge < -0.3 is 16.4 Å². The van der Waals surface area contributed by atoms with E-state index in [4.69, 9.17) is 11.5 Å². The molecule has 18 heavy (non-hydrogen) atoms. The van der Waals surface area contributed by atoms with Gasteiger partial charge in [0.2, 0.25) is 11.8 Å². The molecule has 0 aromatic heterocycles. The monoisotopic (exact) mass is 255 g/mol. The van der Waals surface area contributed by atoms with Gasteiger partial charge in [-0.2, -0.15) is 0 Å². The fourth-order valence-electron chi connectivity index (χ4n) is 2.59. The third-order valence-corrected chi connectivity index (χ3v) is 3.50. The van der Waals surface area contributed by atoms with Crippen molar-refractivity contribution in [1.29, 1.82) is 0 Å². The first-order valence-corrected chi connectivity index (χ1v) is 6.77. The van der Waals surface area contributed by atoms with E-state index < -0.39 is 11.9 Å². The zero-order chi connectivity index (χ0) is 13.7. The lowest BCUT2D eigenvalue weighted by atomic mass is 9.93. The fraction of sp³-hybridized carbons (Fsp3) is 0.846. The van der Waals surface area contributed by atoms with E-state index in [0.717, 1.165) is 19.3 Å². The maximum absolute atomic E-state index is 12.4. The molecular weight excluding hydrogens is 230 g/mol. The molecule has 1 aliphatic heterocycles. The summed E-state index contributed by atoms with van der Waals surface area (Å²) in [4.78, 5) is 25.5. The number of nitrogens with zero attached hydrogens (tertiary/aromatic N) is 1. The van der Waals surface area contributed by atoms with Crippen molar-refractivity contribution < 1.29 is 9.59 Å². The lowest BCUT2D eigenvalue weighted by molar-refractivity contribution is -0.144. The van der Waals surface area contributed by atoms with Gasteiger partial charge in [-0.25, -0.2) is 0 Å². The van der Waals surface area contributed by atoms with Crippen LogP contribution >= 0.6 is 0 Å². The molecule has 0 saturated carbocycles. The molecule has 2 unspecified atom stereocenters. The summed E-state index contributed by atoms with van der Waals surface area (Å²) in [6.45, 7) is 5.09. The molecule has 4 N–H and O–H groups in total. The summed E-state index contributed by atoms with van der Waals surface area (Å²) < 4.78 is 0. The summed E-state index contributed by atoms with van der Waals surface area (Å²) in [5.74, 6) is -0.178. The number of hydrogen-bond donors (Lipinski definition) is 2. The molecule has 0 aliphatic carbocycles. The van der Waals surface area contributed by atoms with E-state index in [9.17, 15) is 9.59 Å². The van der Waals surface area contributed by atoms with E-state index in [0.29, 0.717) is 25.4 Å². The highest BCUT2D eigenvalue weighted by Crippen LogP contribution is 2.21. The van der Waals surface area contributed by atoms with Crippen LogP contribution in [0, 0.1) is 11.8 Å². The summed E-state index contributed by atoms with van der Waals surface area (Å²) >= 11 is 0. The van der Waals surface area contributed by atoms with Crippen LogP contribution in [0.25, 0.3) is 0 Å². The minimum absolute atomic E-state index is 0.00491. The topological polar surface area (TPSA) is 89.4 Å². The Labute approximate surface area is 109 Å². The number of carbonyl (C=O) groups excluding carboxylic acids is 2. The molecule has 0 aromatic rings. The van der Waals surface area contributed by atoms with Gasteiger partial charge in [0.15, 0.2) is 0 Å². The number of carbonyl (C=O) groups is 2. The van der Waals surface area contributed by atoms with E-state index in [1.54, 1.807) is 4.90 Å². The van der Waals surface area contributed by atoms with Gasteiger partial charge in [-0.05, 0) is 31.6 Å². The summed E-state index contributed by atoms with van der Waals surface area (Å²) in [5, 5.41) is 0. The lowest BCUT2D eigenvalue weighted by Gasteiger charge is -2.36. The molecule has 1 rings (SSSR count). The highest BCUT2D eigenvalue weighted by molar-refractivity contribution is 5.87. The van der Waals surface area contributed by atoms with Gasteiger partial charge >= 0.3 is 0 Å². The maximum Gasteiger partial charge on any atom is 0.240 e. The second-order valence-electron chi connectivity index (χ2n) is 5.51. The standard InChI is InChI=1S/C13H25N3O2/c1-9(2)7-10(8-14)13(18)16-6-4-3-5-11(16)12(15)17/h9-11H,3-8,14H2,1-2H3,(H2,15,17). The molecule has 1 saturated heterocycles. The number of piperidine rings is 1. The average molecular weight is 255 g/mol. The van der Waals surface area contributed by atoms with Crippen LogP contribution in [0.4, 0.5) is 0 Å². The third kappa shape index (κ3) is 3.70. The number of primary amides is 1. The molecule has 2 atom stereocenters. The Morgan fingerprint density at radius 3 is 2.50 bits per heavy atom. The largest absolute Gasteiger partial charge is 0.368 e. The van der Waals surface area contributed by atoms with Crippen molar-refractivity contribution in [2.75, 3.05) is 13.1 Å². The predicted octanol–water partition coefficient (Wildman–Crippen LogP) is 0.474. The van der Waals surface area contributed by atoms with E-state index in [2.05, 4.69) is 13.8 Å². The van der Waals surface area contributed by atoms with Gasteiger partial charge in [-0.3, -0.25) is 9.59 Å². The summed E-state index contributed by atoms with van der Waals surface area (Å²) in [6.07, 6.45) is 3.33. The maximum atomic E-state index is 12.4. The number of likely N-dealkylation sites (tertiary alicyclic amines) is 1. The molecular formula is C13H25N3O2. The molecule has 1 aliphatic rings. The van der Waals surface area contributed by atoms with Crippen molar-refractivity contribution in [3.8, 4) is 0 Å². The molecule has 5 heteroatoms. The Morgan fingerprint density at radius 2 is 2.00 bits per heavy atom. The van der Waals surface area contributed by atoms with Crippen molar-refractivity contribution >= 4 is 11.8 Å². The zero-order valence-corrected chi connectivity index (χ0v) is 11.4. The molecule has 0 radical (unpaired) electrons. The van der Waals surface area contributed by atoms with E-state index >= 15 is 0 Å². The first-order valence-electron chi connectivity index (χ1n) is 6.77. The molecule has 104 valence electrons. The minimum Gasteiger partial charge on any atom is -0.368 e. The summed E-state index contributed by atoms with van der Waals surface area (Å²) in [6, 6.07) is -0.438. The quantitative estimate of drug-likeness (QED) is 0.748. The summed E-state index contributed by atoms with van der Waals surface area (Å²) in [5.41, 5.74) is 11.1. The Morgan fingerprint density at radius 1 is 1.33 bits per heavy atom. The van der Waals surface area contributed by atoms with E-state index in [1.807, 2.05) is 0 Å². The van der Waals surface area contributed by atoms with Crippen LogP contribution in [0.15, 0.2) is 0 Å². The number of rotatable bonds is 5. The van der Waals surface area contributed by atoms with Crippen molar-refractivity contribution in [3.63, 3.8) is 0 Å². The number of amides is 2. The average Bonchev–Trinajstić information content (AvgIpc) is 2.34. The van der Waals surface area contributed by atoms with Crippen molar-refractivity contribution in [2.45, 2.75) is 45.6 Å². The van der Waals surface area contributed by atoms with Gasteiger partial charge in [0.05, 0.1) is 5.92 Å². The lowest BCUT2D eigenvalue weighted by Crippen LogP contribution is -2.53. The Hall–Kier alpha value is -1.10. The first-order chi connectivity index (χ1) is 8.47. The molecule has 1 heterocycles. The van der Waals surface area contributed by atoms with Crippen LogP contribution in [-0.2, 0) is 9.59 Å². The zero-order valence-electron chi connectivity index (χ0n) is 11.4. The van der Waals surface area contributed by atoms with Crippen LogP contribution in [-0.4, -0.2) is 35.8 Å². The molecule has 1 fully saturated rings. The normalized spacial score (nSPS) is 22.0. The third-order valence-electron chi connectivity index (χ3n) is 3.50. The Kier molecular flexibility index (Phi) is 5.59. The van der Waals surface area contributed by atoms with Crippen LogP contribution < -0.4 is 11.5 Å². The summed E-state index contributed by atoms with van der Waals surface area (Å²) in [7, 11) is 0.